The van der Waals surface area contributed by atoms with E-state index in [0.29, 0.717) is 38.3 Å². The minimum atomic E-state index is -0.242. The van der Waals surface area contributed by atoms with Gasteiger partial charge in [-0.2, -0.15) is 0 Å². The lowest BCUT2D eigenvalue weighted by Gasteiger charge is -2.38. The van der Waals surface area contributed by atoms with Crippen molar-refractivity contribution in [2.45, 2.75) is 50.6 Å². The molecule has 0 unspecified atom stereocenters. The third kappa shape index (κ3) is 6.01. The van der Waals surface area contributed by atoms with Crippen LogP contribution in [0.5, 0.6) is 5.75 Å². The Balaban J connectivity index is 1.07. The monoisotopic (exact) mass is 490 g/mol. The molecule has 1 spiro atoms. The number of carbonyl (C=O) groups excluding carboxylic acids is 2. The van der Waals surface area contributed by atoms with E-state index in [1.165, 1.54) is 32.4 Å². The number of amides is 3. The molecule has 0 saturated carbocycles. The highest BCUT2D eigenvalue weighted by molar-refractivity contribution is 5.94. The molecule has 192 valence electrons. The lowest BCUT2D eigenvalue weighted by Crippen LogP contribution is -2.53. The zero-order valence-corrected chi connectivity index (χ0v) is 21.2. The number of rotatable bonds is 8. The molecule has 3 aliphatic heterocycles. The topological polar surface area (TPSA) is 65.1 Å². The van der Waals surface area contributed by atoms with Crippen molar-refractivity contribution in [2.75, 3.05) is 45.9 Å². The van der Waals surface area contributed by atoms with Crippen molar-refractivity contribution in [1.29, 1.82) is 0 Å². The third-order valence-electron chi connectivity index (χ3n) is 7.81. The molecule has 3 fully saturated rings. The smallest absolute Gasteiger partial charge is 0.318 e. The van der Waals surface area contributed by atoms with Gasteiger partial charge < -0.3 is 24.8 Å². The van der Waals surface area contributed by atoms with Crippen LogP contribution in [0.1, 0.15) is 54.4 Å². The molecule has 2 aromatic rings. The Hall–Kier alpha value is -3.06. The molecule has 0 aliphatic carbocycles. The number of nitrogens with zero attached hydrogens (tertiary/aromatic N) is 3. The molecular weight excluding hydrogens is 452 g/mol. The molecule has 36 heavy (non-hydrogen) atoms. The predicted molar refractivity (Wildman–Crippen MR) is 140 cm³/mol. The molecule has 5 rings (SSSR count). The van der Waals surface area contributed by atoms with E-state index in [4.69, 9.17) is 4.74 Å². The minimum Gasteiger partial charge on any atom is -0.494 e. The number of nitrogens with one attached hydrogen (secondary N) is 1. The predicted octanol–water partition coefficient (Wildman–Crippen LogP) is 4.14. The molecule has 3 saturated heterocycles. The maximum absolute atomic E-state index is 13.1. The van der Waals surface area contributed by atoms with Crippen LogP contribution in [0, 0.1) is 0 Å². The fourth-order valence-electron chi connectivity index (χ4n) is 5.67. The van der Waals surface area contributed by atoms with Crippen LogP contribution in [-0.4, -0.2) is 78.1 Å². The summed E-state index contributed by atoms with van der Waals surface area (Å²) in [4.78, 5) is 32.0. The van der Waals surface area contributed by atoms with Crippen LogP contribution in [0.4, 0.5) is 4.79 Å². The number of hydrogen-bond acceptors (Lipinski definition) is 4. The SMILES string of the molecule is O=C1NC2(CCN(C(=O)c3ccc(OCCCN4CCCCC4)cc3)CC2)CN1Cc1ccccc1. The second kappa shape index (κ2) is 11.3. The van der Waals surface area contributed by atoms with Crippen molar-refractivity contribution >= 4 is 11.9 Å². The van der Waals surface area contributed by atoms with Gasteiger partial charge in [0, 0.05) is 38.3 Å². The van der Waals surface area contributed by atoms with Crippen LogP contribution in [0.15, 0.2) is 54.6 Å². The van der Waals surface area contributed by atoms with Gasteiger partial charge in [0.25, 0.3) is 5.91 Å². The first kappa shape index (κ1) is 24.6. The van der Waals surface area contributed by atoms with Gasteiger partial charge in [0.15, 0.2) is 0 Å². The minimum absolute atomic E-state index is 0.00912. The van der Waals surface area contributed by atoms with Gasteiger partial charge in [-0.15, -0.1) is 0 Å². The summed E-state index contributed by atoms with van der Waals surface area (Å²) in [6.07, 6.45) is 6.56. The fraction of sp³-hybridized carbons (Fsp3) is 0.517. The number of ether oxygens (including phenoxy) is 1. The Kier molecular flexibility index (Phi) is 7.75. The van der Waals surface area contributed by atoms with E-state index in [0.717, 1.165) is 37.1 Å². The first-order chi connectivity index (χ1) is 17.6. The molecule has 0 aromatic heterocycles. The van der Waals surface area contributed by atoms with Crippen molar-refractivity contribution in [2.24, 2.45) is 0 Å². The first-order valence-corrected chi connectivity index (χ1v) is 13.5. The molecular formula is C29H38N4O3. The van der Waals surface area contributed by atoms with Crippen LogP contribution in [0.25, 0.3) is 0 Å². The fourth-order valence-corrected chi connectivity index (χ4v) is 5.67. The van der Waals surface area contributed by atoms with Gasteiger partial charge in [0.2, 0.25) is 0 Å². The van der Waals surface area contributed by atoms with E-state index < -0.39 is 0 Å². The quantitative estimate of drug-likeness (QED) is 0.565. The lowest BCUT2D eigenvalue weighted by molar-refractivity contribution is 0.0659. The largest absolute Gasteiger partial charge is 0.494 e. The van der Waals surface area contributed by atoms with E-state index in [1.54, 1.807) is 0 Å². The molecule has 7 heteroatoms. The second-order valence-corrected chi connectivity index (χ2v) is 10.5. The number of carbonyl (C=O) groups is 2. The van der Waals surface area contributed by atoms with E-state index in [2.05, 4.69) is 10.2 Å². The summed E-state index contributed by atoms with van der Waals surface area (Å²) in [6.45, 7) is 6.82. The standard InChI is InChI=1S/C29H38N4O3/c34-27(25-10-12-26(13-11-25)36-21-7-18-31-16-5-2-6-17-31)32-19-14-29(15-20-32)23-33(28(35)30-29)22-24-8-3-1-4-9-24/h1,3-4,8-13H,2,5-7,14-23H2,(H,30,35). The van der Waals surface area contributed by atoms with Crippen LogP contribution in [0.2, 0.25) is 0 Å². The third-order valence-corrected chi connectivity index (χ3v) is 7.81. The Labute approximate surface area is 214 Å². The number of hydrogen-bond donors (Lipinski definition) is 1. The van der Waals surface area contributed by atoms with Crippen LogP contribution < -0.4 is 10.1 Å². The lowest BCUT2D eigenvalue weighted by atomic mass is 9.88. The van der Waals surface area contributed by atoms with E-state index in [1.807, 2.05) is 64.4 Å². The first-order valence-electron chi connectivity index (χ1n) is 13.5. The van der Waals surface area contributed by atoms with Gasteiger partial charge in [0.05, 0.1) is 12.1 Å². The molecule has 3 heterocycles. The molecule has 3 aliphatic rings. The summed E-state index contributed by atoms with van der Waals surface area (Å²) in [7, 11) is 0. The van der Waals surface area contributed by atoms with Crippen molar-refractivity contribution in [3.63, 3.8) is 0 Å². The maximum Gasteiger partial charge on any atom is 0.318 e. The molecule has 7 nitrogen and oxygen atoms in total. The van der Waals surface area contributed by atoms with Crippen LogP contribution >= 0.6 is 0 Å². The average molecular weight is 491 g/mol. The van der Waals surface area contributed by atoms with Crippen molar-refractivity contribution in [3.05, 3.63) is 65.7 Å². The Bertz CT molecular complexity index is 1010. The van der Waals surface area contributed by atoms with Gasteiger partial charge in [-0.05, 0) is 75.0 Å². The number of piperidine rings is 2. The molecule has 0 atom stereocenters. The summed E-state index contributed by atoms with van der Waals surface area (Å²) < 4.78 is 5.91. The molecule has 1 N–H and O–H groups in total. The second-order valence-electron chi connectivity index (χ2n) is 10.5. The average Bonchev–Trinajstić information content (AvgIpc) is 3.22. The zero-order chi connectivity index (χ0) is 24.8. The van der Waals surface area contributed by atoms with E-state index in [9.17, 15) is 9.59 Å². The van der Waals surface area contributed by atoms with Gasteiger partial charge >= 0.3 is 6.03 Å². The Morgan fingerprint density at radius 1 is 0.917 bits per heavy atom. The van der Waals surface area contributed by atoms with E-state index >= 15 is 0 Å². The molecule has 3 amide bonds. The van der Waals surface area contributed by atoms with Crippen LogP contribution in [0.3, 0.4) is 0 Å². The van der Waals surface area contributed by atoms with Crippen molar-refractivity contribution < 1.29 is 14.3 Å². The van der Waals surface area contributed by atoms with Gasteiger partial charge in [-0.3, -0.25) is 4.79 Å². The molecule has 0 radical (unpaired) electrons. The van der Waals surface area contributed by atoms with Crippen LogP contribution in [-0.2, 0) is 6.54 Å². The Morgan fingerprint density at radius 2 is 1.64 bits per heavy atom. The summed E-state index contributed by atoms with van der Waals surface area (Å²) in [6, 6.07) is 17.6. The van der Waals surface area contributed by atoms with Crippen molar-refractivity contribution in [3.8, 4) is 5.75 Å². The summed E-state index contributed by atoms with van der Waals surface area (Å²) in [5, 5.41) is 3.22. The maximum atomic E-state index is 13.1. The highest BCUT2D eigenvalue weighted by Crippen LogP contribution is 2.30. The number of likely N-dealkylation sites (tertiary alicyclic amines) is 2. The summed E-state index contributed by atoms with van der Waals surface area (Å²) in [5.74, 6) is 0.863. The normalized spacial score (nSPS) is 19.9. The summed E-state index contributed by atoms with van der Waals surface area (Å²) >= 11 is 0. The highest BCUT2D eigenvalue weighted by atomic mass is 16.5. The number of benzene rings is 2. The Morgan fingerprint density at radius 3 is 2.36 bits per heavy atom. The highest BCUT2D eigenvalue weighted by Gasteiger charge is 2.44. The summed E-state index contributed by atoms with van der Waals surface area (Å²) in [5.41, 5.74) is 1.58. The van der Waals surface area contributed by atoms with Crippen molar-refractivity contribution in [1.82, 2.24) is 20.0 Å². The van der Waals surface area contributed by atoms with Gasteiger partial charge in [0.1, 0.15) is 5.75 Å². The number of urea groups is 1. The molecule has 0 bridgehead atoms. The zero-order valence-electron chi connectivity index (χ0n) is 21.2. The molecule has 2 aromatic carbocycles. The van der Waals surface area contributed by atoms with Gasteiger partial charge in [-0.1, -0.05) is 36.8 Å². The van der Waals surface area contributed by atoms with E-state index in [-0.39, 0.29) is 17.5 Å². The van der Waals surface area contributed by atoms with Gasteiger partial charge in [-0.25, -0.2) is 4.79 Å².